The van der Waals surface area contributed by atoms with Crippen molar-refractivity contribution < 1.29 is 9.59 Å². The van der Waals surface area contributed by atoms with Crippen molar-refractivity contribution in [2.75, 3.05) is 19.0 Å². The molecule has 0 aromatic carbocycles. The Morgan fingerprint density at radius 3 is 2.31 bits per heavy atom. The van der Waals surface area contributed by atoms with Crippen molar-refractivity contribution in [2.45, 2.75) is 33.1 Å². The molecule has 0 aliphatic heterocycles. The largest absolute Gasteiger partial charge is 0.354 e. The van der Waals surface area contributed by atoms with Gasteiger partial charge in [-0.05, 0) is 12.8 Å². The second-order valence-corrected chi connectivity index (χ2v) is 4.32. The van der Waals surface area contributed by atoms with Gasteiger partial charge in [0.1, 0.15) is 0 Å². The number of amides is 2. The maximum Gasteiger partial charge on any atom is 0.222 e. The summed E-state index contributed by atoms with van der Waals surface area (Å²) < 4.78 is 0. The van der Waals surface area contributed by atoms with Gasteiger partial charge in [0.05, 0.1) is 0 Å². The quantitative estimate of drug-likeness (QED) is 0.502. The second kappa shape index (κ2) is 9.46. The van der Waals surface area contributed by atoms with E-state index in [4.69, 9.17) is 11.6 Å². The summed E-state index contributed by atoms with van der Waals surface area (Å²) in [5.74, 6) is 0.609. The van der Waals surface area contributed by atoms with Crippen molar-refractivity contribution in [2.24, 2.45) is 5.92 Å². The van der Waals surface area contributed by atoms with Gasteiger partial charge < -0.3 is 10.6 Å². The molecule has 94 valence electrons. The lowest BCUT2D eigenvalue weighted by Gasteiger charge is -2.08. The summed E-state index contributed by atoms with van der Waals surface area (Å²) in [6.45, 7) is 4.64. The van der Waals surface area contributed by atoms with Crippen LogP contribution in [0.15, 0.2) is 0 Å². The van der Waals surface area contributed by atoms with E-state index in [2.05, 4.69) is 10.6 Å². The first-order chi connectivity index (χ1) is 7.57. The summed E-state index contributed by atoms with van der Waals surface area (Å²) in [7, 11) is 0. The Labute approximate surface area is 102 Å². The van der Waals surface area contributed by atoms with Crippen LogP contribution in [-0.4, -0.2) is 30.8 Å². The average Bonchev–Trinajstić information content (AvgIpc) is 2.24. The van der Waals surface area contributed by atoms with Gasteiger partial charge in [-0.3, -0.25) is 9.59 Å². The molecule has 0 radical (unpaired) electrons. The van der Waals surface area contributed by atoms with E-state index in [9.17, 15) is 9.59 Å². The summed E-state index contributed by atoms with van der Waals surface area (Å²) in [5, 5.41) is 5.47. The van der Waals surface area contributed by atoms with Gasteiger partial charge in [-0.25, -0.2) is 0 Å². The molecule has 2 amide bonds. The molecule has 0 rings (SSSR count). The molecular weight excluding hydrogens is 228 g/mol. The number of nitrogens with one attached hydrogen (secondary N) is 2. The Morgan fingerprint density at radius 2 is 1.75 bits per heavy atom. The van der Waals surface area contributed by atoms with Gasteiger partial charge in [-0.1, -0.05) is 13.8 Å². The van der Waals surface area contributed by atoms with E-state index in [1.54, 1.807) is 0 Å². The predicted molar refractivity (Wildman–Crippen MR) is 65.4 cm³/mol. The topological polar surface area (TPSA) is 58.2 Å². The number of hydrogen-bond acceptors (Lipinski definition) is 2. The highest BCUT2D eigenvalue weighted by molar-refractivity contribution is 6.17. The third-order valence-electron chi connectivity index (χ3n) is 2.06. The number of halogens is 1. The highest BCUT2D eigenvalue weighted by Gasteiger charge is 2.05. The maximum atomic E-state index is 11.2. The molecule has 4 nitrogen and oxygen atoms in total. The average molecular weight is 249 g/mol. The number of hydrogen-bond donors (Lipinski definition) is 2. The van der Waals surface area contributed by atoms with Crippen LogP contribution >= 0.6 is 11.6 Å². The zero-order valence-electron chi connectivity index (χ0n) is 10.0. The molecule has 0 spiro atoms. The molecule has 16 heavy (non-hydrogen) atoms. The van der Waals surface area contributed by atoms with E-state index >= 15 is 0 Å². The fraction of sp³-hybridized carbons (Fsp3) is 0.818. The molecule has 0 bridgehead atoms. The summed E-state index contributed by atoms with van der Waals surface area (Å²) >= 11 is 5.50. The highest BCUT2D eigenvalue weighted by Crippen LogP contribution is 1.96. The molecule has 0 saturated carbocycles. The van der Waals surface area contributed by atoms with Crippen LogP contribution in [0, 0.1) is 5.92 Å². The van der Waals surface area contributed by atoms with Gasteiger partial charge in [0.15, 0.2) is 0 Å². The van der Waals surface area contributed by atoms with Gasteiger partial charge in [0, 0.05) is 31.3 Å². The van der Waals surface area contributed by atoms with E-state index in [0.29, 0.717) is 25.4 Å². The zero-order valence-corrected chi connectivity index (χ0v) is 10.8. The standard InChI is InChI=1S/C11H21ClN2O2/c1-9(2)11(16)14-8-7-13-10(15)5-3-4-6-12/h9H,3-8H2,1-2H3,(H,13,15)(H,14,16). The van der Waals surface area contributed by atoms with Crippen molar-refractivity contribution in [3.63, 3.8) is 0 Å². The van der Waals surface area contributed by atoms with Crippen LogP contribution in [0.5, 0.6) is 0 Å². The Balaban J connectivity index is 3.37. The van der Waals surface area contributed by atoms with Gasteiger partial charge in [-0.2, -0.15) is 0 Å². The Bertz CT molecular complexity index is 220. The predicted octanol–water partition coefficient (Wildman–Crippen LogP) is 1.28. The second-order valence-electron chi connectivity index (χ2n) is 3.94. The maximum absolute atomic E-state index is 11.2. The van der Waals surface area contributed by atoms with Gasteiger partial charge >= 0.3 is 0 Å². The molecule has 0 saturated heterocycles. The van der Waals surface area contributed by atoms with Crippen LogP contribution < -0.4 is 10.6 Å². The first kappa shape index (κ1) is 15.2. The minimum Gasteiger partial charge on any atom is -0.354 e. The highest BCUT2D eigenvalue weighted by atomic mass is 35.5. The molecule has 0 aromatic heterocycles. The Kier molecular flexibility index (Phi) is 9.00. The minimum absolute atomic E-state index is 0.0105. The normalized spacial score (nSPS) is 10.2. The monoisotopic (exact) mass is 248 g/mol. The van der Waals surface area contributed by atoms with Crippen molar-refractivity contribution >= 4 is 23.4 Å². The first-order valence-corrected chi connectivity index (χ1v) is 6.21. The summed E-state index contributed by atoms with van der Waals surface area (Å²) in [6, 6.07) is 0. The minimum atomic E-state index is -0.0144. The van der Waals surface area contributed by atoms with E-state index < -0.39 is 0 Å². The number of carbonyl (C=O) groups excluding carboxylic acids is 2. The van der Waals surface area contributed by atoms with Crippen molar-refractivity contribution in [1.29, 1.82) is 0 Å². The van der Waals surface area contributed by atoms with Crippen LogP contribution in [0.4, 0.5) is 0 Å². The summed E-state index contributed by atoms with van der Waals surface area (Å²) in [4.78, 5) is 22.4. The SMILES string of the molecule is CC(C)C(=O)NCCNC(=O)CCCCCl. The molecule has 0 aromatic rings. The molecule has 0 aliphatic carbocycles. The van der Waals surface area contributed by atoms with Gasteiger partial charge in [0.2, 0.25) is 11.8 Å². The molecule has 0 heterocycles. The lowest BCUT2D eigenvalue weighted by Crippen LogP contribution is -2.36. The Morgan fingerprint density at radius 1 is 1.12 bits per heavy atom. The van der Waals surface area contributed by atoms with Crippen LogP contribution in [0.1, 0.15) is 33.1 Å². The van der Waals surface area contributed by atoms with Gasteiger partial charge in [0.25, 0.3) is 0 Å². The van der Waals surface area contributed by atoms with Gasteiger partial charge in [-0.15, -0.1) is 11.6 Å². The molecule has 5 heteroatoms. The van der Waals surface area contributed by atoms with E-state index in [1.165, 1.54) is 0 Å². The number of carbonyl (C=O) groups is 2. The van der Waals surface area contributed by atoms with Crippen molar-refractivity contribution in [3.05, 3.63) is 0 Å². The van der Waals surface area contributed by atoms with E-state index in [1.807, 2.05) is 13.8 Å². The van der Waals surface area contributed by atoms with Crippen LogP contribution in [-0.2, 0) is 9.59 Å². The van der Waals surface area contributed by atoms with Crippen LogP contribution in [0.3, 0.4) is 0 Å². The van der Waals surface area contributed by atoms with E-state index in [-0.39, 0.29) is 17.7 Å². The molecule has 0 aliphatic rings. The lowest BCUT2D eigenvalue weighted by atomic mass is 10.2. The molecule has 0 atom stereocenters. The Hall–Kier alpha value is -0.770. The molecule has 0 unspecified atom stereocenters. The number of alkyl halides is 1. The molecule has 0 fully saturated rings. The summed E-state index contributed by atoms with van der Waals surface area (Å²) in [5.41, 5.74) is 0. The van der Waals surface area contributed by atoms with Crippen LogP contribution in [0.25, 0.3) is 0 Å². The number of unbranched alkanes of at least 4 members (excludes halogenated alkanes) is 1. The third-order valence-corrected chi connectivity index (χ3v) is 2.33. The third kappa shape index (κ3) is 8.53. The number of rotatable bonds is 8. The van der Waals surface area contributed by atoms with Crippen LogP contribution in [0.2, 0.25) is 0 Å². The molecule has 2 N–H and O–H groups in total. The molecular formula is C11H21ClN2O2. The summed E-state index contributed by atoms with van der Waals surface area (Å²) in [6.07, 6.45) is 2.18. The zero-order chi connectivity index (χ0) is 12.4. The van der Waals surface area contributed by atoms with Crippen molar-refractivity contribution in [3.8, 4) is 0 Å². The fourth-order valence-corrected chi connectivity index (χ4v) is 1.25. The van der Waals surface area contributed by atoms with E-state index in [0.717, 1.165) is 12.8 Å². The lowest BCUT2D eigenvalue weighted by molar-refractivity contribution is -0.124. The first-order valence-electron chi connectivity index (χ1n) is 5.68. The van der Waals surface area contributed by atoms with Crippen molar-refractivity contribution in [1.82, 2.24) is 10.6 Å². The smallest absolute Gasteiger partial charge is 0.222 e. The fourth-order valence-electron chi connectivity index (χ4n) is 1.06.